The van der Waals surface area contributed by atoms with Gasteiger partial charge < -0.3 is 9.88 Å². The Kier molecular flexibility index (Phi) is 2.96. The minimum atomic E-state index is 0.638. The Hall–Kier alpha value is -2.55. The predicted octanol–water partition coefficient (Wildman–Crippen LogP) is 4.63. The third kappa shape index (κ3) is 2.55. The van der Waals surface area contributed by atoms with Crippen molar-refractivity contribution in [2.24, 2.45) is 0 Å². The maximum atomic E-state index is 4.41. The summed E-state index contributed by atoms with van der Waals surface area (Å²) in [5.41, 5.74) is 3.54. The van der Waals surface area contributed by atoms with Gasteiger partial charge in [-0.3, -0.25) is 0 Å². The highest BCUT2D eigenvalue weighted by atomic mass is 15.2. The van der Waals surface area contributed by atoms with Gasteiger partial charge in [-0.25, -0.2) is 4.98 Å². The molecule has 3 nitrogen and oxygen atoms in total. The molecule has 21 heavy (non-hydrogen) atoms. The van der Waals surface area contributed by atoms with Crippen molar-refractivity contribution in [3.05, 3.63) is 67.0 Å². The highest BCUT2D eigenvalue weighted by Gasteiger charge is 2.25. The molecule has 1 aromatic heterocycles. The van der Waals surface area contributed by atoms with Gasteiger partial charge in [0.2, 0.25) is 5.95 Å². The van der Waals surface area contributed by atoms with Crippen LogP contribution >= 0.6 is 0 Å². The third-order valence-corrected chi connectivity index (χ3v) is 3.86. The number of aromatic nitrogens is 2. The molecule has 3 aromatic rings. The number of imidazole rings is 1. The molecule has 4 rings (SSSR count). The van der Waals surface area contributed by atoms with Crippen molar-refractivity contribution < 1.29 is 0 Å². The van der Waals surface area contributed by atoms with Gasteiger partial charge in [-0.2, -0.15) is 0 Å². The molecule has 0 amide bonds. The monoisotopic (exact) mass is 275 g/mol. The van der Waals surface area contributed by atoms with Crippen LogP contribution in [0, 0.1) is 0 Å². The first kappa shape index (κ1) is 12.2. The molecule has 1 N–H and O–H groups in total. The van der Waals surface area contributed by atoms with Crippen LogP contribution in [0.5, 0.6) is 0 Å². The zero-order valence-electron chi connectivity index (χ0n) is 11.7. The molecule has 1 fully saturated rings. The van der Waals surface area contributed by atoms with Crippen molar-refractivity contribution in [2.75, 3.05) is 5.32 Å². The average Bonchev–Trinajstić information content (AvgIpc) is 3.29. The van der Waals surface area contributed by atoms with E-state index in [-0.39, 0.29) is 0 Å². The van der Waals surface area contributed by atoms with Crippen LogP contribution in [-0.2, 0) is 0 Å². The number of nitrogens with zero attached hydrogens (tertiary/aromatic N) is 2. The van der Waals surface area contributed by atoms with Gasteiger partial charge >= 0.3 is 0 Å². The first-order valence-electron chi connectivity index (χ1n) is 7.35. The van der Waals surface area contributed by atoms with Crippen LogP contribution in [0.15, 0.2) is 67.0 Å². The third-order valence-electron chi connectivity index (χ3n) is 3.86. The van der Waals surface area contributed by atoms with E-state index in [4.69, 9.17) is 0 Å². The molecule has 2 aromatic carbocycles. The highest BCUT2D eigenvalue weighted by Crippen LogP contribution is 2.37. The molecule has 3 heteroatoms. The van der Waals surface area contributed by atoms with Crippen LogP contribution in [0.2, 0.25) is 0 Å². The second-order valence-electron chi connectivity index (χ2n) is 5.46. The maximum Gasteiger partial charge on any atom is 0.207 e. The van der Waals surface area contributed by atoms with Crippen LogP contribution in [0.1, 0.15) is 18.9 Å². The van der Waals surface area contributed by atoms with Gasteiger partial charge in [-0.05, 0) is 36.1 Å². The van der Waals surface area contributed by atoms with Crippen LogP contribution in [0.25, 0.3) is 11.1 Å². The van der Waals surface area contributed by atoms with Gasteiger partial charge in [0.15, 0.2) is 0 Å². The topological polar surface area (TPSA) is 29.9 Å². The molecule has 0 bridgehead atoms. The Morgan fingerprint density at radius 1 is 0.905 bits per heavy atom. The van der Waals surface area contributed by atoms with Crippen LogP contribution in [0.3, 0.4) is 0 Å². The Bertz CT molecular complexity index is 725. The van der Waals surface area contributed by atoms with E-state index in [9.17, 15) is 0 Å². The molecule has 0 radical (unpaired) electrons. The lowest BCUT2D eigenvalue weighted by Gasteiger charge is -2.09. The van der Waals surface area contributed by atoms with Gasteiger partial charge in [0.05, 0.1) is 0 Å². The lowest BCUT2D eigenvalue weighted by atomic mass is 10.1. The summed E-state index contributed by atoms with van der Waals surface area (Å²) in [7, 11) is 0. The summed E-state index contributed by atoms with van der Waals surface area (Å²) in [4.78, 5) is 4.41. The standard InChI is InChI=1S/C18H17N3/c1-2-4-14(5-3-1)15-6-8-16(9-7-15)20-18-19-12-13-21(18)17-10-11-17/h1-9,12-13,17H,10-11H2,(H,19,20). The van der Waals surface area contributed by atoms with E-state index in [1.165, 1.54) is 24.0 Å². The molecular weight excluding hydrogens is 258 g/mol. The fourth-order valence-corrected chi connectivity index (χ4v) is 2.56. The summed E-state index contributed by atoms with van der Waals surface area (Å²) in [6.45, 7) is 0. The molecule has 0 atom stereocenters. The molecule has 1 aliphatic rings. The van der Waals surface area contributed by atoms with Gasteiger partial charge in [0, 0.05) is 24.1 Å². The summed E-state index contributed by atoms with van der Waals surface area (Å²) >= 11 is 0. The van der Waals surface area contributed by atoms with Crippen molar-refractivity contribution in [1.82, 2.24) is 9.55 Å². The van der Waals surface area contributed by atoms with Gasteiger partial charge in [-0.1, -0.05) is 42.5 Å². The van der Waals surface area contributed by atoms with Crippen molar-refractivity contribution in [2.45, 2.75) is 18.9 Å². The first-order chi connectivity index (χ1) is 10.4. The highest BCUT2D eigenvalue weighted by molar-refractivity contribution is 5.67. The fraction of sp³-hybridized carbons (Fsp3) is 0.167. The van der Waals surface area contributed by atoms with E-state index >= 15 is 0 Å². The normalized spacial score (nSPS) is 14.1. The average molecular weight is 275 g/mol. The Balaban J connectivity index is 1.55. The Labute approximate surface area is 124 Å². The van der Waals surface area contributed by atoms with Crippen LogP contribution in [0.4, 0.5) is 11.6 Å². The number of benzene rings is 2. The summed E-state index contributed by atoms with van der Waals surface area (Å²) in [5.74, 6) is 0.935. The van der Waals surface area contributed by atoms with E-state index in [1.54, 1.807) is 0 Å². The van der Waals surface area contributed by atoms with Crippen molar-refractivity contribution in [1.29, 1.82) is 0 Å². The quantitative estimate of drug-likeness (QED) is 0.752. The molecule has 1 aliphatic carbocycles. The number of hydrogen-bond acceptors (Lipinski definition) is 2. The second-order valence-corrected chi connectivity index (χ2v) is 5.46. The minimum absolute atomic E-state index is 0.638. The first-order valence-corrected chi connectivity index (χ1v) is 7.35. The zero-order valence-corrected chi connectivity index (χ0v) is 11.7. The molecule has 0 saturated heterocycles. The van der Waals surface area contributed by atoms with Gasteiger partial charge in [-0.15, -0.1) is 0 Å². The molecule has 0 unspecified atom stereocenters. The van der Waals surface area contributed by atoms with E-state index in [1.807, 2.05) is 12.3 Å². The van der Waals surface area contributed by atoms with Crippen LogP contribution < -0.4 is 5.32 Å². The summed E-state index contributed by atoms with van der Waals surface area (Å²) in [6.07, 6.45) is 6.44. The molecule has 1 saturated carbocycles. The summed E-state index contributed by atoms with van der Waals surface area (Å²) in [5, 5.41) is 3.40. The molecule has 0 spiro atoms. The van der Waals surface area contributed by atoms with E-state index in [0.717, 1.165) is 11.6 Å². The lowest BCUT2D eigenvalue weighted by Crippen LogP contribution is -2.01. The zero-order chi connectivity index (χ0) is 14.1. The molecule has 1 heterocycles. The van der Waals surface area contributed by atoms with E-state index < -0.39 is 0 Å². The fourth-order valence-electron chi connectivity index (χ4n) is 2.56. The van der Waals surface area contributed by atoms with Gasteiger partial charge in [0.25, 0.3) is 0 Å². The van der Waals surface area contributed by atoms with Crippen LogP contribution in [-0.4, -0.2) is 9.55 Å². The number of anilines is 2. The molecule has 104 valence electrons. The Morgan fingerprint density at radius 2 is 1.62 bits per heavy atom. The molecular formula is C18H17N3. The number of rotatable bonds is 4. The maximum absolute atomic E-state index is 4.41. The number of hydrogen-bond donors (Lipinski definition) is 1. The van der Waals surface area contributed by atoms with Crippen molar-refractivity contribution in [3.8, 4) is 11.1 Å². The smallest absolute Gasteiger partial charge is 0.207 e. The SMILES string of the molecule is c1ccc(-c2ccc(Nc3nccn3C3CC3)cc2)cc1. The predicted molar refractivity (Wildman–Crippen MR) is 85.7 cm³/mol. The molecule has 0 aliphatic heterocycles. The van der Waals surface area contributed by atoms with Crippen molar-refractivity contribution in [3.63, 3.8) is 0 Å². The lowest BCUT2D eigenvalue weighted by molar-refractivity contribution is 0.751. The van der Waals surface area contributed by atoms with Crippen molar-refractivity contribution >= 4 is 11.6 Å². The Morgan fingerprint density at radius 3 is 2.33 bits per heavy atom. The second kappa shape index (κ2) is 5.09. The van der Waals surface area contributed by atoms with E-state index in [0.29, 0.717) is 6.04 Å². The minimum Gasteiger partial charge on any atom is -0.326 e. The largest absolute Gasteiger partial charge is 0.326 e. The van der Waals surface area contributed by atoms with E-state index in [2.05, 4.69) is 69.6 Å². The summed E-state index contributed by atoms with van der Waals surface area (Å²) in [6, 6.07) is 19.6. The summed E-state index contributed by atoms with van der Waals surface area (Å²) < 4.78 is 2.23. The van der Waals surface area contributed by atoms with Gasteiger partial charge in [0.1, 0.15) is 0 Å². The number of nitrogens with one attached hydrogen (secondary N) is 1.